The molecule has 1 aromatic rings. The van der Waals surface area contributed by atoms with E-state index < -0.39 is 12.8 Å². The van der Waals surface area contributed by atoms with Crippen molar-refractivity contribution in [2.75, 3.05) is 6.61 Å². The Hall–Kier alpha value is -1.83. The van der Waals surface area contributed by atoms with E-state index in [0.717, 1.165) is 12.8 Å². The fourth-order valence-corrected chi connectivity index (χ4v) is 3.67. The average molecular weight is 357 g/mol. The van der Waals surface area contributed by atoms with E-state index in [1.54, 1.807) is 6.07 Å². The highest BCUT2D eigenvalue weighted by Gasteiger charge is 2.34. The molecule has 0 aromatic carbocycles. The molecule has 0 spiro atoms. The van der Waals surface area contributed by atoms with Crippen LogP contribution in [0.15, 0.2) is 18.3 Å². The number of rotatable bonds is 6. The summed E-state index contributed by atoms with van der Waals surface area (Å²) < 4.78 is 41.1. The van der Waals surface area contributed by atoms with Crippen molar-refractivity contribution in [2.45, 2.75) is 56.9 Å². The normalized spacial score (nSPS) is 25.6. The van der Waals surface area contributed by atoms with Gasteiger partial charge in [0.1, 0.15) is 0 Å². The minimum atomic E-state index is -4.40. The highest BCUT2D eigenvalue weighted by atomic mass is 19.4. The molecular weight excluding hydrogens is 335 g/mol. The number of piperidine rings is 1. The van der Waals surface area contributed by atoms with Crippen LogP contribution in [0.4, 0.5) is 13.2 Å². The van der Waals surface area contributed by atoms with Gasteiger partial charge in [-0.25, -0.2) is 4.98 Å². The summed E-state index contributed by atoms with van der Waals surface area (Å²) in [6, 6.07) is 4.15. The molecule has 5 nitrogen and oxygen atoms in total. The van der Waals surface area contributed by atoms with Crippen molar-refractivity contribution in [1.29, 1.82) is 0 Å². The first-order valence-electron chi connectivity index (χ1n) is 8.54. The van der Waals surface area contributed by atoms with Gasteiger partial charge in [-0.15, -0.1) is 0 Å². The Morgan fingerprint density at radius 3 is 2.72 bits per heavy atom. The molecule has 3 rings (SSSR count). The summed E-state index contributed by atoms with van der Waals surface area (Å²) in [6.07, 6.45) is 1.93. The van der Waals surface area contributed by atoms with Gasteiger partial charge in [0, 0.05) is 37.3 Å². The third-order valence-electron chi connectivity index (χ3n) is 4.72. The quantitative estimate of drug-likeness (QED) is 0.821. The maximum Gasteiger partial charge on any atom is 0.422 e. The van der Waals surface area contributed by atoms with Crippen LogP contribution in [0.2, 0.25) is 0 Å². The number of carbonyl (C=O) groups excluding carboxylic acids is 1. The standard InChI is InChI=1S/C17H22F3N3O2/c18-17(19,20)10-25-16-8-11(3-4-21-16)9-22-15(24)7-12-5-13-1-2-14(6-12)23-13/h3-4,8,12-14,23H,1-2,5-7,9-10H2,(H,22,24). The lowest BCUT2D eigenvalue weighted by atomic mass is 9.89. The number of nitrogens with one attached hydrogen (secondary N) is 2. The smallest absolute Gasteiger partial charge is 0.422 e. The number of aromatic nitrogens is 1. The lowest BCUT2D eigenvalue weighted by Crippen LogP contribution is -2.39. The van der Waals surface area contributed by atoms with Crippen LogP contribution in [0.25, 0.3) is 0 Å². The third kappa shape index (κ3) is 5.59. The van der Waals surface area contributed by atoms with Crippen LogP contribution in [0.1, 0.15) is 37.7 Å². The number of hydrogen-bond acceptors (Lipinski definition) is 4. The molecule has 2 bridgehead atoms. The van der Waals surface area contributed by atoms with Crippen LogP contribution in [-0.4, -0.2) is 35.8 Å². The largest absolute Gasteiger partial charge is 0.468 e. The Labute approximate surface area is 144 Å². The van der Waals surface area contributed by atoms with E-state index in [0.29, 0.717) is 30.0 Å². The molecule has 1 aromatic heterocycles. The van der Waals surface area contributed by atoms with Crippen LogP contribution in [0.3, 0.4) is 0 Å². The van der Waals surface area contributed by atoms with Crippen molar-refractivity contribution in [1.82, 2.24) is 15.6 Å². The molecule has 0 aliphatic carbocycles. The molecule has 2 N–H and O–H groups in total. The lowest BCUT2D eigenvalue weighted by Gasteiger charge is -2.28. The minimum Gasteiger partial charge on any atom is -0.468 e. The van der Waals surface area contributed by atoms with Crippen molar-refractivity contribution in [3.63, 3.8) is 0 Å². The second-order valence-corrected chi connectivity index (χ2v) is 6.86. The summed E-state index contributed by atoms with van der Waals surface area (Å²) in [5, 5.41) is 6.38. The summed E-state index contributed by atoms with van der Waals surface area (Å²) in [6.45, 7) is -1.13. The molecular formula is C17H22F3N3O2. The van der Waals surface area contributed by atoms with Gasteiger partial charge in [-0.3, -0.25) is 4.79 Å². The van der Waals surface area contributed by atoms with Crippen molar-refractivity contribution in [2.24, 2.45) is 5.92 Å². The van der Waals surface area contributed by atoms with E-state index in [9.17, 15) is 18.0 Å². The van der Waals surface area contributed by atoms with Gasteiger partial charge >= 0.3 is 6.18 Å². The zero-order valence-corrected chi connectivity index (χ0v) is 13.8. The van der Waals surface area contributed by atoms with Crippen LogP contribution < -0.4 is 15.4 Å². The molecule has 25 heavy (non-hydrogen) atoms. The van der Waals surface area contributed by atoms with E-state index in [1.165, 1.54) is 25.1 Å². The Kier molecular flexibility index (Phi) is 5.46. The Morgan fingerprint density at radius 1 is 1.32 bits per heavy atom. The van der Waals surface area contributed by atoms with Crippen LogP contribution in [0.5, 0.6) is 5.88 Å². The Balaban J connectivity index is 1.44. The molecule has 2 aliphatic rings. The molecule has 0 saturated carbocycles. The first kappa shape index (κ1) is 18.0. The molecule has 8 heteroatoms. The molecule has 2 atom stereocenters. The molecule has 1 amide bonds. The molecule has 2 fully saturated rings. The topological polar surface area (TPSA) is 63.2 Å². The first-order valence-corrected chi connectivity index (χ1v) is 8.54. The fraction of sp³-hybridized carbons (Fsp3) is 0.647. The van der Waals surface area contributed by atoms with E-state index in [1.807, 2.05) is 0 Å². The summed E-state index contributed by atoms with van der Waals surface area (Å²) in [4.78, 5) is 15.9. The van der Waals surface area contributed by atoms with E-state index in [-0.39, 0.29) is 18.3 Å². The number of carbonyl (C=O) groups is 1. The lowest BCUT2D eigenvalue weighted by molar-refractivity contribution is -0.154. The molecule has 2 unspecified atom stereocenters. The average Bonchev–Trinajstić information content (AvgIpc) is 2.89. The fourth-order valence-electron chi connectivity index (χ4n) is 3.67. The van der Waals surface area contributed by atoms with Gasteiger partial charge in [-0.1, -0.05) is 0 Å². The van der Waals surface area contributed by atoms with Gasteiger partial charge in [0.15, 0.2) is 6.61 Å². The molecule has 2 saturated heterocycles. The third-order valence-corrected chi connectivity index (χ3v) is 4.72. The molecule has 0 radical (unpaired) electrons. The van der Waals surface area contributed by atoms with Gasteiger partial charge in [0.2, 0.25) is 11.8 Å². The second-order valence-electron chi connectivity index (χ2n) is 6.86. The highest BCUT2D eigenvalue weighted by Crippen LogP contribution is 2.32. The van der Waals surface area contributed by atoms with Gasteiger partial charge in [-0.05, 0) is 43.2 Å². The number of pyridine rings is 1. The van der Waals surface area contributed by atoms with Gasteiger partial charge in [-0.2, -0.15) is 13.2 Å². The van der Waals surface area contributed by atoms with Gasteiger partial charge < -0.3 is 15.4 Å². The highest BCUT2D eigenvalue weighted by molar-refractivity contribution is 5.76. The van der Waals surface area contributed by atoms with Gasteiger partial charge in [0.05, 0.1) is 0 Å². The zero-order chi connectivity index (χ0) is 17.9. The van der Waals surface area contributed by atoms with Crippen molar-refractivity contribution < 1.29 is 22.7 Å². The van der Waals surface area contributed by atoms with Crippen LogP contribution >= 0.6 is 0 Å². The number of fused-ring (bicyclic) bond motifs is 2. The maximum absolute atomic E-state index is 12.2. The maximum atomic E-state index is 12.2. The second kappa shape index (κ2) is 7.59. The summed E-state index contributed by atoms with van der Waals surface area (Å²) >= 11 is 0. The summed E-state index contributed by atoms with van der Waals surface area (Å²) in [5.74, 6) is 0.279. The number of ether oxygens (including phenoxy) is 1. The van der Waals surface area contributed by atoms with E-state index >= 15 is 0 Å². The number of hydrogen-bond donors (Lipinski definition) is 2. The van der Waals surface area contributed by atoms with E-state index in [4.69, 9.17) is 0 Å². The number of amides is 1. The Morgan fingerprint density at radius 2 is 2.04 bits per heavy atom. The van der Waals surface area contributed by atoms with Crippen molar-refractivity contribution in [3.05, 3.63) is 23.9 Å². The van der Waals surface area contributed by atoms with Crippen LogP contribution in [0, 0.1) is 5.92 Å². The van der Waals surface area contributed by atoms with E-state index in [2.05, 4.69) is 20.4 Å². The SMILES string of the molecule is O=C(CC1CC2CCC(C1)N2)NCc1ccnc(OCC(F)(F)F)c1. The molecule has 2 aliphatic heterocycles. The van der Waals surface area contributed by atoms with Crippen LogP contribution in [-0.2, 0) is 11.3 Å². The summed E-state index contributed by atoms with van der Waals surface area (Å²) in [5.41, 5.74) is 0.658. The molecule has 138 valence electrons. The van der Waals surface area contributed by atoms with Crippen molar-refractivity contribution in [3.8, 4) is 5.88 Å². The number of halogens is 3. The predicted octanol–water partition coefficient (Wildman–Crippen LogP) is 2.56. The van der Waals surface area contributed by atoms with Crippen molar-refractivity contribution >= 4 is 5.91 Å². The Bertz CT molecular complexity index is 597. The molecule has 3 heterocycles. The zero-order valence-electron chi connectivity index (χ0n) is 13.8. The van der Waals surface area contributed by atoms with Gasteiger partial charge in [0.25, 0.3) is 0 Å². The summed E-state index contributed by atoms with van der Waals surface area (Å²) in [7, 11) is 0. The number of nitrogens with zero attached hydrogens (tertiary/aromatic N) is 1. The predicted molar refractivity (Wildman–Crippen MR) is 84.9 cm³/mol. The minimum absolute atomic E-state index is 0.0270. The number of alkyl halides is 3. The monoisotopic (exact) mass is 357 g/mol. The first-order chi connectivity index (χ1) is 11.9.